The molecule has 0 aromatic rings. The van der Waals surface area contributed by atoms with Gasteiger partial charge in [-0.25, -0.2) is 14.4 Å². The highest BCUT2D eigenvalue weighted by Crippen LogP contribution is 2.14. The summed E-state index contributed by atoms with van der Waals surface area (Å²) in [6.07, 6.45) is 3.30. The molecule has 0 aromatic carbocycles. The number of hydrogen-bond donors (Lipinski definition) is 2. The number of nitrogens with two attached hydrogens (primary N) is 1. The van der Waals surface area contributed by atoms with Crippen LogP contribution in [-0.2, 0) is 19.1 Å². The van der Waals surface area contributed by atoms with Crippen molar-refractivity contribution in [3.8, 4) is 0 Å². The molecule has 1 aliphatic rings. The van der Waals surface area contributed by atoms with E-state index in [2.05, 4.69) is 4.74 Å². The second kappa shape index (κ2) is 9.24. The van der Waals surface area contributed by atoms with Crippen LogP contribution in [0.3, 0.4) is 0 Å². The standard InChI is InChI=1S/C10H19NO2.C4H7NO4/c1-10(2,3)13-9(12)11-7-5-4-6-8-11;1-9-4(8)2(5)3(6)7/h4-8H2,1-3H3;2H,5H2,1H3,(H,6,7)/t;2-/m.0/s1. The first-order valence-corrected chi connectivity index (χ1v) is 7.12. The van der Waals surface area contributed by atoms with E-state index in [-0.39, 0.29) is 11.7 Å². The SMILES string of the molecule is CC(C)(C)OC(=O)N1CCCCC1.COC(=O)[C@@H](N)C(=O)O. The quantitative estimate of drug-likeness (QED) is 0.575. The van der Waals surface area contributed by atoms with E-state index in [9.17, 15) is 14.4 Å². The van der Waals surface area contributed by atoms with Gasteiger partial charge in [0.1, 0.15) is 5.60 Å². The van der Waals surface area contributed by atoms with Crippen molar-refractivity contribution < 1.29 is 29.0 Å². The Morgan fingerprint density at radius 2 is 1.64 bits per heavy atom. The monoisotopic (exact) mass is 318 g/mol. The molecular weight excluding hydrogens is 292 g/mol. The zero-order valence-corrected chi connectivity index (χ0v) is 13.6. The number of piperidine rings is 1. The molecule has 1 aliphatic heterocycles. The number of carboxylic acids is 1. The van der Waals surface area contributed by atoms with Crippen LogP contribution in [0, 0.1) is 0 Å². The summed E-state index contributed by atoms with van der Waals surface area (Å²) in [5, 5.41) is 8.06. The van der Waals surface area contributed by atoms with E-state index in [1.165, 1.54) is 6.42 Å². The zero-order valence-electron chi connectivity index (χ0n) is 13.6. The summed E-state index contributed by atoms with van der Waals surface area (Å²) >= 11 is 0. The number of carboxylic acid groups (broad SMARTS) is 1. The van der Waals surface area contributed by atoms with Gasteiger partial charge in [-0.05, 0) is 40.0 Å². The van der Waals surface area contributed by atoms with E-state index in [4.69, 9.17) is 15.6 Å². The minimum Gasteiger partial charge on any atom is -0.480 e. The van der Waals surface area contributed by atoms with Crippen LogP contribution in [0.5, 0.6) is 0 Å². The second-order valence-electron chi connectivity index (χ2n) is 5.87. The number of hydrogen-bond acceptors (Lipinski definition) is 6. The van der Waals surface area contributed by atoms with Gasteiger partial charge in [0.15, 0.2) is 0 Å². The molecule has 0 radical (unpaired) electrons. The van der Waals surface area contributed by atoms with Crippen LogP contribution >= 0.6 is 0 Å². The lowest BCUT2D eigenvalue weighted by atomic mass is 10.1. The third-order valence-electron chi connectivity index (χ3n) is 2.73. The Morgan fingerprint density at radius 1 is 1.14 bits per heavy atom. The number of esters is 1. The molecule has 1 saturated heterocycles. The van der Waals surface area contributed by atoms with Gasteiger partial charge in [0, 0.05) is 13.1 Å². The topological polar surface area (TPSA) is 119 Å². The van der Waals surface area contributed by atoms with Crippen LogP contribution in [0.1, 0.15) is 40.0 Å². The summed E-state index contributed by atoms with van der Waals surface area (Å²) in [5.41, 5.74) is 4.43. The second-order valence-corrected chi connectivity index (χ2v) is 5.87. The van der Waals surface area contributed by atoms with Gasteiger partial charge in [0.25, 0.3) is 0 Å². The summed E-state index contributed by atoms with van der Waals surface area (Å²) in [7, 11) is 1.07. The molecule has 8 nitrogen and oxygen atoms in total. The lowest BCUT2D eigenvalue weighted by molar-refractivity contribution is -0.151. The fourth-order valence-corrected chi connectivity index (χ4v) is 1.63. The average molecular weight is 318 g/mol. The van der Waals surface area contributed by atoms with Gasteiger partial charge in [-0.1, -0.05) is 0 Å². The van der Waals surface area contributed by atoms with Crippen molar-refractivity contribution in [2.45, 2.75) is 51.7 Å². The van der Waals surface area contributed by atoms with E-state index in [0.717, 1.165) is 33.0 Å². The summed E-state index contributed by atoms with van der Waals surface area (Å²) in [6.45, 7) is 7.41. The van der Waals surface area contributed by atoms with Gasteiger partial charge < -0.3 is 25.2 Å². The minimum absolute atomic E-state index is 0.160. The van der Waals surface area contributed by atoms with Crippen LogP contribution in [0.4, 0.5) is 4.79 Å². The molecule has 128 valence electrons. The highest BCUT2D eigenvalue weighted by atomic mass is 16.6. The lowest BCUT2D eigenvalue weighted by Crippen LogP contribution is -2.39. The van der Waals surface area contributed by atoms with Gasteiger partial charge in [-0.2, -0.15) is 0 Å². The van der Waals surface area contributed by atoms with Crippen molar-refractivity contribution in [3.63, 3.8) is 0 Å². The van der Waals surface area contributed by atoms with Crippen LogP contribution in [-0.4, -0.2) is 59.9 Å². The number of nitrogens with zero attached hydrogens (tertiary/aromatic N) is 1. The smallest absolute Gasteiger partial charge is 0.410 e. The first kappa shape index (κ1) is 20.2. The molecule has 0 aromatic heterocycles. The normalized spacial score (nSPS) is 16.0. The third kappa shape index (κ3) is 8.46. The van der Waals surface area contributed by atoms with Crippen LogP contribution in [0.15, 0.2) is 0 Å². The number of carbonyl (C=O) groups excluding carboxylic acids is 2. The summed E-state index contributed by atoms with van der Waals surface area (Å²) < 4.78 is 9.29. The predicted molar refractivity (Wildman–Crippen MR) is 79.3 cm³/mol. The maximum Gasteiger partial charge on any atom is 0.410 e. The Bertz CT molecular complexity index is 385. The number of likely N-dealkylation sites (tertiary alicyclic amines) is 1. The molecule has 1 fully saturated rings. The molecule has 3 N–H and O–H groups in total. The molecule has 0 aliphatic carbocycles. The van der Waals surface area contributed by atoms with Gasteiger partial charge in [-0.15, -0.1) is 0 Å². The van der Waals surface area contributed by atoms with Gasteiger partial charge in [0.2, 0.25) is 6.04 Å². The highest BCUT2D eigenvalue weighted by molar-refractivity contribution is 5.97. The van der Waals surface area contributed by atoms with Gasteiger partial charge in [-0.3, -0.25) is 0 Å². The first-order valence-electron chi connectivity index (χ1n) is 7.12. The molecule has 1 atom stereocenters. The molecule has 0 spiro atoms. The average Bonchev–Trinajstić information content (AvgIpc) is 2.45. The fraction of sp³-hybridized carbons (Fsp3) is 0.786. The van der Waals surface area contributed by atoms with Crippen LogP contribution in [0.2, 0.25) is 0 Å². The number of rotatable bonds is 2. The molecule has 0 bridgehead atoms. The Labute approximate surface area is 130 Å². The van der Waals surface area contributed by atoms with Crippen molar-refractivity contribution in [3.05, 3.63) is 0 Å². The maximum absolute atomic E-state index is 11.5. The van der Waals surface area contributed by atoms with Gasteiger partial charge >= 0.3 is 18.0 Å². The molecule has 8 heteroatoms. The number of aliphatic carboxylic acids is 1. The predicted octanol–water partition coefficient (Wildman–Crippen LogP) is 0.979. The van der Waals surface area contributed by atoms with Crippen molar-refractivity contribution >= 4 is 18.0 Å². The summed E-state index contributed by atoms with van der Waals surface area (Å²) in [4.78, 5) is 33.4. The minimum atomic E-state index is -1.56. The molecule has 0 unspecified atom stereocenters. The molecule has 1 heterocycles. The fourth-order valence-electron chi connectivity index (χ4n) is 1.63. The third-order valence-corrected chi connectivity index (χ3v) is 2.73. The molecular formula is C14H26N2O6. The molecule has 0 saturated carbocycles. The van der Waals surface area contributed by atoms with Crippen molar-refractivity contribution in [2.75, 3.05) is 20.2 Å². The van der Waals surface area contributed by atoms with E-state index < -0.39 is 18.0 Å². The number of amides is 1. The molecule has 22 heavy (non-hydrogen) atoms. The Morgan fingerprint density at radius 3 is 1.95 bits per heavy atom. The molecule has 1 amide bonds. The van der Waals surface area contributed by atoms with Gasteiger partial charge in [0.05, 0.1) is 7.11 Å². The van der Waals surface area contributed by atoms with E-state index in [1.807, 2.05) is 20.8 Å². The van der Waals surface area contributed by atoms with Crippen molar-refractivity contribution in [2.24, 2.45) is 5.73 Å². The Hall–Kier alpha value is -1.83. The lowest BCUT2D eigenvalue weighted by Gasteiger charge is -2.29. The Balaban J connectivity index is 0.000000433. The van der Waals surface area contributed by atoms with Crippen LogP contribution in [0.25, 0.3) is 0 Å². The maximum atomic E-state index is 11.5. The van der Waals surface area contributed by atoms with E-state index >= 15 is 0 Å². The van der Waals surface area contributed by atoms with Crippen LogP contribution < -0.4 is 5.73 Å². The largest absolute Gasteiger partial charge is 0.480 e. The van der Waals surface area contributed by atoms with E-state index in [0.29, 0.717) is 0 Å². The number of carbonyl (C=O) groups is 3. The number of methoxy groups -OCH3 is 1. The van der Waals surface area contributed by atoms with Crippen molar-refractivity contribution in [1.29, 1.82) is 0 Å². The Kier molecular flexibility index (Phi) is 8.47. The number of ether oxygens (including phenoxy) is 2. The molecule has 1 rings (SSSR count). The summed E-state index contributed by atoms with van der Waals surface area (Å²) in [6, 6.07) is -1.56. The highest BCUT2D eigenvalue weighted by Gasteiger charge is 2.23. The zero-order chi connectivity index (χ0) is 17.3. The summed E-state index contributed by atoms with van der Waals surface area (Å²) in [5.74, 6) is -2.33. The first-order chi connectivity index (χ1) is 10.1. The van der Waals surface area contributed by atoms with Crippen molar-refractivity contribution in [1.82, 2.24) is 4.90 Å². The van der Waals surface area contributed by atoms with E-state index in [1.54, 1.807) is 4.90 Å².